The van der Waals surface area contributed by atoms with Gasteiger partial charge < -0.3 is 10.3 Å². The second-order valence-electron chi connectivity index (χ2n) is 5.23. The van der Waals surface area contributed by atoms with E-state index in [9.17, 15) is 0 Å². The second kappa shape index (κ2) is 4.72. The van der Waals surface area contributed by atoms with Gasteiger partial charge in [-0.1, -0.05) is 31.2 Å². The van der Waals surface area contributed by atoms with Crippen LogP contribution in [0.1, 0.15) is 44.0 Å². The lowest BCUT2D eigenvalue weighted by Crippen LogP contribution is -2.04. The van der Waals surface area contributed by atoms with Crippen LogP contribution in [0.3, 0.4) is 0 Å². The first kappa shape index (κ1) is 12.3. The molecule has 1 fully saturated rings. The summed E-state index contributed by atoms with van der Waals surface area (Å²) >= 11 is 0. The summed E-state index contributed by atoms with van der Waals surface area (Å²) in [6, 6.07) is 8.44. The lowest BCUT2D eigenvalue weighted by Gasteiger charge is -2.07. The molecule has 1 aliphatic carbocycles. The van der Waals surface area contributed by atoms with Crippen LogP contribution in [-0.4, -0.2) is 9.55 Å². The number of rotatable bonds is 4. The van der Waals surface area contributed by atoms with E-state index in [2.05, 4.69) is 42.7 Å². The van der Waals surface area contributed by atoms with Crippen LogP contribution in [-0.2, 0) is 13.0 Å². The van der Waals surface area contributed by atoms with Gasteiger partial charge in [0.1, 0.15) is 17.3 Å². The van der Waals surface area contributed by atoms with Crippen LogP contribution < -0.4 is 5.73 Å². The lowest BCUT2D eigenvalue weighted by molar-refractivity contribution is 0.708. The highest BCUT2D eigenvalue weighted by Gasteiger charge is 2.30. The molecule has 3 nitrogen and oxygen atoms in total. The minimum Gasteiger partial charge on any atom is -0.383 e. The Morgan fingerprint density at radius 3 is 2.63 bits per heavy atom. The summed E-state index contributed by atoms with van der Waals surface area (Å²) in [4.78, 5) is 4.86. The van der Waals surface area contributed by atoms with E-state index in [4.69, 9.17) is 10.7 Å². The topological polar surface area (TPSA) is 43.8 Å². The van der Waals surface area contributed by atoms with Gasteiger partial charge in [-0.15, -0.1) is 0 Å². The van der Waals surface area contributed by atoms with Gasteiger partial charge >= 0.3 is 0 Å². The molecule has 0 saturated heterocycles. The molecule has 1 aromatic carbocycles. The molecule has 3 heteroatoms. The van der Waals surface area contributed by atoms with Crippen molar-refractivity contribution in [3.63, 3.8) is 0 Å². The number of aromatic nitrogens is 2. The molecule has 0 bridgehead atoms. The van der Waals surface area contributed by atoms with Crippen LogP contribution in [0.25, 0.3) is 11.3 Å². The Balaban J connectivity index is 2.14. The Morgan fingerprint density at radius 2 is 2.00 bits per heavy atom. The number of aryl methyl sites for hydroxylation is 1. The molecule has 2 N–H and O–H groups in total. The maximum absolute atomic E-state index is 6.34. The first-order valence-corrected chi connectivity index (χ1v) is 7.20. The van der Waals surface area contributed by atoms with Gasteiger partial charge in [0.15, 0.2) is 0 Å². The molecule has 1 aliphatic rings. The van der Waals surface area contributed by atoms with Crippen LogP contribution in [0.4, 0.5) is 5.82 Å². The standard InChI is InChI=1S/C16H21N3/c1-3-11-7-5-6-8-13(11)14-15(17)19(4-2)16(18-14)12-9-10-12/h5-8,12H,3-4,9-10,17H2,1-2H3. The third-order valence-electron chi connectivity index (χ3n) is 3.95. The molecule has 0 radical (unpaired) electrons. The zero-order valence-electron chi connectivity index (χ0n) is 11.7. The minimum atomic E-state index is 0.629. The Kier molecular flexibility index (Phi) is 3.05. The number of imidazole rings is 1. The third-order valence-corrected chi connectivity index (χ3v) is 3.95. The Bertz CT molecular complexity index is 594. The number of nitrogen functional groups attached to an aromatic ring is 1. The molecule has 0 aliphatic heterocycles. The van der Waals surface area contributed by atoms with Crippen LogP contribution in [0.15, 0.2) is 24.3 Å². The van der Waals surface area contributed by atoms with Crippen molar-refractivity contribution in [2.75, 3.05) is 5.73 Å². The van der Waals surface area contributed by atoms with E-state index in [1.165, 1.54) is 29.8 Å². The fourth-order valence-corrected chi connectivity index (χ4v) is 2.73. The number of nitrogens with zero attached hydrogens (tertiary/aromatic N) is 2. The molecule has 100 valence electrons. The summed E-state index contributed by atoms with van der Waals surface area (Å²) in [6.07, 6.45) is 3.52. The van der Waals surface area contributed by atoms with Gasteiger partial charge in [-0.05, 0) is 31.7 Å². The quantitative estimate of drug-likeness (QED) is 0.907. The smallest absolute Gasteiger partial charge is 0.131 e. The molecule has 0 unspecified atom stereocenters. The van der Waals surface area contributed by atoms with Gasteiger partial charge in [0.2, 0.25) is 0 Å². The molecule has 0 spiro atoms. The van der Waals surface area contributed by atoms with Gasteiger partial charge in [0.25, 0.3) is 0 Å². The summed E-state index contributed by atoms with van der Waals surface area (Å²) in [5, 5.41) is 0. The largest absolute Gasteiger partial charge is 0.383 e. The van der Waals surface area contributed by atoms with E-state index in [-0.39, 0.29) is 0 Å². The number of anilines is 1. The molecule has 0 amide bonds. The van der Waals surface area contributed by atoms with E-state index < -0.39 is 0 Å². The third kappa shape index (κ3) is 2.03. The second-order valence-corrected chi connectivity index (χ2v) is 5.23. The summed E-state index contributed by atoms with van der Waals surface area (Å²) in [6.45, 7) is 5.21. The number of hydrogen-bond donors (Lipinski definition) is 1. The minimum absolute atomic E-state index is 0.629. The van der Waals surface area contributed by atoms with Crippen molar-refractivity contribution in [1.29, 1.82) is 0 Å². The van der Waals surface area contributed by atoms with Gasteiger partial charge in [0.05, 0.1) is 0 Å². The highest BCUT2D eigenvalue weighted by Crippen LogP contribution is 2.42. The predicted molar refractivity (Wildman–Crippen MR) is 79.1 cm³/mol. The zero-order valence-corrected chi connectivity index (χ0v) is 11.7. The monoisotopic (exact) mass is 255 g/mol. The van der Waals surface area contributed by atoms with Gasteiger partial charge in [0, 0.05) is 18.0 Å². The van der Waals surface area contributed by atoms with Crippen molar-refractivity contribution in [3.8, 4) is 11.3 Å². The fourth-order valence-electron chi connectivity index (χ4n) is 2.73. The van der Waals surface area contributed by atoms with Gasteiger partial charge in [-0.25, -0.2) is 4.98 Å². The molecule has 19 heavy (non-hydrogen) atoms. The van der Waals surface area contributed by atoms with E-state index in [0.717, 1.165) is 24.5 Å². The molecular formula is C16H21N3. The summed E-state index contributed by atoms with van der Waals surface area (Å²) < 4.78 is 2.18. The molecular weight excluding hydrogens is 234 g/mol. The first-order valence-electron chi connectivity index (χ1n) is 7.20. The SMILES string of the molecule is CCc1ccccc1-c1nc(C2CC2)n(CC)c1N. The average molecular weight is 255 g/mol. The normalized spacial score (nSPS) is 14.8. The van der Waals surface area contributed by atoms with E-state index in [1.807, 2.05) is 0 Å². The van der Waals surface area contributed by atoms with Crippen molar-refractivity contribution < 1.29 is 0 Å². The molecule has 0 atom stereocenters. The number of benzene rings is 1. The Hall–Kier alpha value is -1.77. The van der Waals surface area contributed by atoms with Crippen molar-refractivity contribution in [2.24, 2.45) is 0 Å². The van der Waals surface area contributed by atoms with Gasteiger partial charge in [-0.3, -0.25) is 0 Å². The maximum Gasteiger partial charge on any atom is 0.131 e. The number of hydrogen-bond acceptors (Lipinski definition) is 2. The van der Waals surface area contributed by atoms with E-state index in [0.29, 0.717) is 5.92 Å². The predicted octanol–water partition coefficient (Wildman–Crippen LogP) is 3.59. The molecule has 3 rings (SSSR count). The van der Waals surface area contributed by atoms with Crippen LogP contribution in [0.2, 0.25) is 0 Å². The van der Waals surface area contributed by atoms with Crippen LogP contribution in [0.5, 0.6) is 0 Å². The average Bonchev–Trinajstić information content (AvgIpc) is 3.23. The Labute approximate surface area is 114 Å². The summed E-state index contributed by atoms with van der Waals surface area (Å²) in [5.74, 6) is 2.64. The zero-order chi connectivity index (χ0) is 13.4. The van der Waals surface area contributed by atoms with Crippen molar-refractivity contribution in [3.05, 3.63) is 35.7 Å². The van der Waals surface area contributed by atoms with Gasteiger partial charge in [-0.2, -0.15) is 0 Å². The van der Waals surface area contributed by atoms with Crippen molar-refractivity contribution in [2.45, 2.75) is 45.6 Å². The summed E-state index contributed by atoms with van der Waals surface area (Å²) in [7, 11) is 0. The Morgan fingerprint density at radius 1 is 1.26 bits per heavy atom. The van der Waals surface area contributed by atoms with Crippen LogP contribution >= 0.6 is 0 Å². The highest BCUT2D eigenvalue weighted by molar-refractivity contribution is 5.74. The van der Waals surface area contributed by atoms with Crippen molar-refractivity contribution >= 4 is 5.82 Å². The highest BCUT2D eigenvalue weighted by atomic mass is 15.1. The van der Waals surface area contributed by atoms with E-state index in [1.54, 1.807) is 0 Å². The lowest BCUT2D eigenvalue weighted by atomic mass is 10.0. The first-order chi connectivity index (χ1) is 9.26. The molecule has 1 heterocycles. The number of nitrogens with two attached hydrogens (primary N) is 1. The van der Waals surface area contributed by atoms with Crippen LogP contribution in [0, 0.1) is 0 Å². The molecule has 1 saturated carbocycles. The molecule has 1 aromatic heterocycles. The fraction of sp³-hybridized carbons (Fsp3) is 0.438. The summed E-state index contributed by atoms with van der Waals surface area (Å²) in [5.41, 5.74) is 9.82. The van der Waals surface area contributed by atoms with E-state index >= 15 is 0 Å². The van der Waals surface area contributed by atoms with Crippen molar-refractivity contribution in [1.82, 2.24) is 9.55 Å². The molecule has 2 aromatic rings. The maximum atomic E-state index is 6.34.